The van der Waals surface area contributed by atoms with Crippen molar-refractivity contribution < 1.29 is 0 Å². The summed E-state index contributed by atoms with van der Waals surface area (Å²) < 4.78 is 9.66. The SMILES string of the molecule is c1ccc2c(c1)-c1ccccc1-c1cc(-n3c4ccccc4c4ccccc43)c(-n3c4ccccc4n4c5cc(-n6c7ccccc7c7ccccc76)ccc5nc34)cc1-c1ccccc1-2. The molecule has 4 aromatic heterocycles. The van der Waals surface area contributed by atoms with Crippen LogP contribution >= 0.6 is 0 Å². The van der Waals surface area contributed by atoms with Gasteiger partial charge in [0.05, 0.1) is 55.5 Å². The molecular weight excluding hydrogens is 803 g/mol. The van der Waals surface area contributed by atoms with Crippen LogP contribution in [0, 0.1) is 0 Å². The second-order valence-electron chi connectivity index (χ2n) is 17.5. The van der Waals surface area contributed by atoms with Crippen LogP contribution in [0.4, 0.5) is 0 Å². The van der Waals surface area contributed by atoms with Crippen molar-refractivity contribution in [3.05, 3.63) is 224 Å². The van der Waals surface area contributed by atoms with Gasteiger partial charge in [-0.25, -0.2) is 4.98 Å². The molecule has 0 amide bonds. The van der Waals surface area contributed by atoms with Gasteiger partial charge in [0.1, 0.15) is 0 Å². The summed E-state index contributed by atoms with van der Waals surface area (Å²) >= 11 is 0. The van der Waals surface area contributed by atoms with Crippen molar-refractivity contribution in [1.29, 1.82) is 0 Å². The summed E-state index contributed by atoms with van der Waals surface area (Å²) in [5, 5.41) is 4.93. The fraction of sp³-hybridized carbons (Fsp3) is 0. The zero-order valence-electron chi connectivity index (χ0n) is 35.6. The lowest BCUT2D eigenvalue weighted by molar-refractivity contribution is 1.06. The zero-order valence-corrected chi connectivity index (χ0v) is 35.6. The highest BCUT2D eigenvalue weighted by atomic mass is 15.2. The number of benzene rings is 10. The van der Waals surface area contributed by atoms with Crippen LogP contribution in [-0.2, 0) is 0 Å². The van der Waals surface area contributed by atoms with Crippen molar-refractivity contribution in [3.63, 3.8) is 0 Å². The Morgan fingerprint density at radius 3 is 1.09 bits per heavy atom. The lowest BCUT2D eigenvalue weighted by Gasteiger charge is -2.25. The topological polar surface area (TPSA) is 32.1 Å². The number of aromatic nitrogens is 5. The van der Waals surface area contributed by atoms with Crippen LogP contribution in [0.5, 0.6) is 0 Å². The third-order valence-corrected chi connectivity index (χ3v) is 14.1. The summed E-state index contributed by atoms with van der Waals surface area (Å²) in [5.74, 6) is 0.859. The number of fused-ring (bicyclic) bond motifs is 19. The predicted molar refractivity (Wildman–Crippen MR) is 274 cm³/mol. The first-order valence-electron chi connectivity index (χ1n) is 22.6. The first-order valence-corrected chi connectivity index (χ1v) is 22.6. The van der Waals surface area contributed by atoms with Crippen molar-refractivity contribution in [3.8, 4) is 61.6 Å². The molecule has 10 aromatic carbocycles. The maximum atomic E-state index is 5.59. The fourth-order valence-electron chi connectivity index (χ4n) is 11.4. The highest BCUT2D eigenvalue weighted by molar-refractivity contribution is 6.12. The van der Waals surface area contributed by atoms with E-state index in [1.54, 1.807) is 0 Å². The van der Waals surface area contributed by atoms with Crippen molar-refractivity contribution in [2.24, 2.45) is 0 Å². The molecule has 0 radical (unpaired) electrons. The minimum atomic E-state index is 0.859. The molecule has 0 spiro atoms. The van der Waals surface area contributed by atoms with Crippen molar-refractivity contribution in [1.82, 2.24) is 23.1 Å². The Morgan fingerprint density at radius 2 is 0.621 bits per heavy atom. The number of rotatable bonds is 3. The van der Waals surface area contributed by atoms with Gasteiger partial charge in [0.2, 0.25) is 5.78 Å². The van der Waals surface area contributed by atoms with Gasteiger partial charge in [-0.3, -0.25) is 8.97 Å². The van der Waals surface area contributed by atoms with Gasteiger partial charge in [0.25, 0.3) is 0 Å². The van der Waals surface area contributed by atoms with Crippen LogP contribution in [0.1, 0.15) is 0 Å². The van der Waals surface area contributed by atoms with Crippen LogP contribution in [0.3, 0.4) is 0 Å². The summed E-state index contributed by atoms with van der Waals surface area (Å²) in [4.78, 5) is 5.59. The standard InChI is InChI=1S/C61H37N5/c1-2-18-40-39(17-1)41-19-3-5-21-43(41)49-36-59(64-54-29-13-9-25-47(54)48-26-10-14-30-55(48)64)60(37-50(49)44-22-6-4-20-42(40)44)66-57-32-16-15-31-56(57)65-58-35-38(33-34-51(58)62-61(65)66)63-52-27-11-7-23-45(52)46-24-8-12-28-53(46)63/h1-37H. The van der Waals surface area contributed by atoms with E-state index >= 15 is 0 Å². The zero-order chi connectivity index (χ0) is 43.0. The number of hydrogen-bond donors (Lipinski definition) is 0. The van der Waals surface area contributed by atoms with E-state index in [4.69, 9.17) is 4.98 Å². The van der Waals surface area contributed by atoms with Gasteiger partial charge in [0, 0.05) is 27.2 Å². The van der Waals surface area contributed by atoms with Crippen molar-refractivity contribution in [2.45, 2.75) is 0 Å². The number of hydrogen-bond acceptors (Lipinski definition) is 1. The van der Waals surface area contributed by atoms with Crippen LogP contribution in [0.15, 0.2) is 224 Å². The van der Waals surface area contributed by atoms with E-state index in [2.05, 4.69) is 243 Å². The second-order valence-corrected chi connectivity index (χ2v) is 17.5. The molecule has 0 N–H and O–H groups in total. The first-order chi connectivity index (χ1) is 32.8. The summed E-state index contributed by atoms with van der Waals surface area (Å²) in [6.07, 6.45) is 0. The molecule has 66 heavy (non-hydrogen) atoms. The molecule has 306 valence electrons. The van der Waals surface area contributed by atoms with E-state index in [1.807, 2.05) is 0 Å². The van der Waals surface area contributed by atoms with E-state index < -0.39 is 0 Å². The van der Waals surface area contributed by atoms with Gasteiger partial charge >= 0.3 is 0 Å². The third-order valence-electron chi connectivity index (χ3n) is 14.1. The minimum Gasteiger partial charge on any atom is -0.309 e. The molecule has 0 unspecified atom stereocenters. The van der Waals surface area contributed by atoms with E-state index in [0.29, 0.717) is 0 Å². The Hall–Kier alpha value is -8.93. The average Bonchev–Trinajstić information content (AvgIpc) is 4.11. The minimum absolute atomic E-state index is 0.859. The van der Waals surface area contributed by atoms with Crippen LogP contribution in [-0.4, -0.2) is 23.1 Å². The first kappa shape index (κ1) is 35.5. The smallest absolute Gasteiger partial charge is 0.220 e. The van der Waals surface area contributed by atoms with Gasteiger partial charge in [-0.15, -0.1) is 0 Å². The Bertz CT molecular complexity index is 4250. The molecule has 4 heterocycles. The fourth-order valence-corrected chi connectivity index (χ4v) is 11.4. The number of imidazole rings is 2. The highest BCUT2D eigenvalue weighted by Gasteiger charge is 2.28. The van der Waals surface area contributed by atoms with Crippen molar-refractivity contribution in [2.75, 3.05) is 0 Å². The lowest BCUT2D eigenvalue weighted by Crippen LogP contribution is -2.07. The maximum absolute atomic E-state index is 5.59. The predicted octanol–water partition coefficient (Wildman–Crippen LogP) is 15.6. The summed E-state index contributed by atoms with van der Waals surface area (Å²) in [7, 11) is 0. The summed E-state index contributed by atoms with van der Waals surface area (Å²) in [6, 6.07) is 82.3. The Balaban J connectivity index is 1.10. The van der Waals surface area contributed by atoms with E-state index in [1.165, 1.54) is 77.1 Å². The molecule has 14 aromatic rings. The average molecular weight is 840 g/mol. The van der Waals surface area contributed by atoms with Gasteiger partial charge in [-0.05, 0) is 111 Å². The van der Waals surface area contributed by atoms with Crippen LogP contribution in [0.2, 0.25) is 0 Å². The molecule has 5 nitrogen and oxygen atoms in total. The Kier molecular flexibility index (Phi) is 7.16. The maximum Gasteiger partial charge on any atom is 0.220 e. The largest absolute Gasteiger partial charge is 0.309 e. The molecule has 15 rings (SSSR count). The van der Waals surface area contributed by atoms with E-state index in [9.17, 15) is 0 Å². The molecule has 0 bridgehead atoms. The summed E-state index contributed by atoms with van der Waals surface area (Å²) in [5.41, 5.74) is 21.7. The molecule has 0 saturated heterocycles. The third kappa shape index (κ3) is 4.75. The quantitative estimate of drug-likeness (QED) is 0.174. The van der Waals surface area contributed by atoms with Gasteiger partial charge < -0.3 is 9.13 Å². The molecular formula is C61H37N5. The van der Waals surface area contributed by atoms with E-state index in [0.717, 1.165) is 55.9 Å². The summed E-state index contributed by atoms with van der Waals surface area (Å²) in [6.45, 7) is 0. The molecule has 0 saturated carbocycles. The highest BCUT2D eigenvalue weighted by Crippen LogP contribution is 2.50. The molecule has 1 aliphatic rings. The molecule has 1 aliphatic carbocycles. The molecule has 5 heteroatoms. The van der Waals surface area contributed by atoms with Gasteiger partial charge in [0.15, 0.2) is 0 Å². The van der Waals surface area contributed by atoms with E-state index in [-0.39, 0.29) is 0 Å². The Labute approximate surface area is 378 Å². The van der Waals surface area contributed by atoms with Crippen LogP contribution in [0.25, 0.3) is 133 Å². The molecule has 0 aliphatic heterocycles. The molecule has 0 atom stereocenters. The van der Waals surface area contributed by atoms with Gasteiger partial charge in [-0.2, -0.15) is 0 Å². The lowest BCUT2D eigenvalue weighted by atomic mass is 9.80. The monoisotopic (exact) mass is 839 g/mol. The van der Waals surface area contributed by atoms with Crippen molar-refractivity contribution >= 4 is 71.5 Å². The van der Waals surface area contributed by atoms with Crippen LogP contribution < -0.4 is 0 Å². The number of nitrogens with zero attached hydrogens (tertiary/aromatic N) is 5. The second kappa shape index (κ2) is 13.3. The molecule has 0 fully saturated rings. The number of para-hydroxylation sites is 6. The van der Waals surface area contributed by atoms with Gasteiger partial charge in [-0.1, -0.05) is 158 Å². The Morgan fingerprint density at radius 1 is 0.258 bits per heavy atom. The normalized spacial score (nSPS) is 12.2.